The lowest BCUT2D eigenvalue weighted by molar-refractivity contribution is 0.0696. The zero-order valence-corrected chi connectivity index (χ0v) is 9.29. The second-order valence-electron chi connectivity index (χ2n) is 3.70. The molecule has 92 valence electrons. The first kappa shape index (κ1) is 11.9. The smallest absolute Gasteiger partial charge is 0.335 e. The molecule has 2 rings (SSSR count). The molecule has 18 heavy (non-hydrogen) atoms. The number of carbonyl (C=O) groups is 1. The van der Waals surface area contributed by atoms with Crippen molar-refractivity contribution >= 4 is 5.97 Å². The summed E-state index contributed by atoms with van der Waals surface area (Å²) < 4.78 is 5.03. The molecule has 0 radical (unpaired) electrons. The van der Waals surface area contributed by atoms with Gasteiger partial charge in [0.1, 0.15) is 0 Å². The van der Waals surface area contributed by atoms with E-state index in [1.807, 2.05) is 0 Å². The van der Waals surface area contributed by atoms with E-state index in [1.165, 1.54) is 12.3 Å². The second kappa shape index (κ2) is 4.75. The Labute approximate surface area is 102 Å². The van der Waals surface area contributed by atoms with Gasteiger partial charge in [-0.05, 0) is 11.6 Å². The Kier molecular flexibility index (Phi) is 3.14. The van der Waals surface area contributed by atoms with Crippen molar-refractivity contribution in [1.29, 1.82) is 0 Å². The first-order valence-electron chi connectivity index (χ1n) is 5.20. The molecule has 1 aromatic heterocycles. The SMILES string of the molecule is O=C(O)c1ccccc1Cc1occc(=O)c1O. The topological polar surface area (TPSA) is 87.7 Å². The number of aromatic hydroxyl groups is 1. The van der Waals surface area contributed by atoms with Crippen LogP contribution in [-0.4, -0.2) is 16.2 Å². The molecular weight excluding hydrogens is 236 g/mol. The predicted molar refractivity (Wildman–Crippen MR) is 62.9 cm³/mol. The van der Waals surface area contributed by atoms with Crippen LogP contribution in [0.25, 0.3) is 0 Å². The molecule has 0 spiro atoms. The van der Waals surface area contributed by atoms with Gasteiger partial charge < -0.3 is 14.6 Å². The lowest BCUT2D eigenvalue weighted by Gasteiger charge is -2.05. The van der Waals surface area contributed by atoms with Crippen molar-refractivity contribution in [3.05, 3.63) is 63.7 Å². The number of carboxylic acid groups (broad SMARTS) is 1. The predicted octanol–water partition coefficient (Wildman–Crippen LogP) is 1.63. The van der Waals surface area contributed by atoms with E-state index >= 15 is 0 Å². The highest BCUT2D eigenvalue weighted by Crippen LogP contribution is 2.18. The Balaban J connectivity index is 2.43. The summed E-state index contributed by atoms with van der Waals surface area (Å²) in [6.45, 7) is 0. The van der Waals surface area contributed by atoms with Crippen molar-refractivity contribution in [2.75, 3.05) is 0 Å². The summed E-state index contributed by atoms with van der Waals surface area (Å²) in [6, 6.07) is 7.45. The van der Waals surface area contributed by atoms with Crippen LogP contribution in [0.3, 0.4) is 0 Å². The normalized spacial score (nSPS) is 10.2. The molecule has 0 unspecified atom stereocenters. The second-order valence-corrected chi connectivity index (χ2v) is 3.70. The van der Waals surface area contributed by atoms with Crippen molar-refractivity contribution in [2.45, 2.75) is 6.42 Å². The average molecular weight is 246 g/mol. The summed E-state index contributed by atoms with van der Waals surface area (Å²) in [5.41, 5.74) is 0.0297. The van der Waals surface area contributed by atoms with Gasteiger partial charge in [-0.25, -0.2) is 4.79 Å². The Morgan fingerprint density at radius 3 is 2.67 bits per heavy atom. The van der Waals surface area contributed by atoms with Crippen LogP contribution < -0.4 is 5.43 Å². The molecule has 0 bridgehead atoms. The number of aromatic carboxylic acids is 1. The fourth-order valence-corrected chi connectivity index (χ4v) is 1.63. The van der Waals surface area contributed by atoms with Crippen LogP contribution >= 0.6 is 0 Å². The van der Waals surface area contributed by atoms with E-state index in [0.717, 1.165) is 6.07 Å². The van der Waals surface area contributed by atoms with E-state index in [9.17, 15) is 14.7 Å². The largest absolute Gasteiger partial charge is 0.502 e. The van der Waals surface area contributed by atoms with Crippen LogP contribution in [0.2, 0.25) is 0 Å². The van der Waals surface area contributed by atoms with Gasteiger partial charge >= 0.3 is 5.97 Å². The number of benzene rings is 1. The van der Waals surface area contributed by atoms with Gasteiger partial charge in [-0.3, -0.25) is 4.79 Å². The molecule has 0 aliphatic rings. The standard InChI is InChI=1S/C13H10O5/c14-10-5-6-18-11(12(10)15)7-8-3-1-2-4-9(8)13(16)17/h1-6,15H,7H2,(H,16,17). The fourth-order valence-electron chi connectivity index (χ4n) is 1.63. The molecule has 2 N–H and O–H groups in total. The van der Waals surface area contributed by atoms with Crippen LogP contribution in [0.15, 0.2) is 45.8 Å². The third-order valence-electron chi connectivity index (χ3n) is 2.53. The minimum Gasteiger partial charge on any atom is -0.502 e. The maximum Gasteiger partial charge on any atom is 0.335 e. The molecule has 0 amide bonds. The van der Waals surface area contributed by atoms with Crippen molar-refractivity contribution < 1.29 is 19.4 Å². The van der Waals surface area contributed by atoms with Crippen molar-refractivity contribution in [3.8, 4) is 5.75 Å². The third-order valence-corrected chi connectivity index (χ3v) is 2.53. The van der Waals surface area contributed by atoms with Crippen LogP contribution in [0.5, 0.6) is 5.75 Å². The fraction of sp³-hybridized carbons (Fsp3) is 0.0769. The van der Waals surface area contributed by atoms with Gasteiger partial charge in [0, 0.05) is 12.5 Å². The van der Waals surface area contributed by atoms with Gasteiger partial charge in [-0.2, -0.15) is 0 Å². The Bertz CT molecular complexity index is 642. The molecular formula is C13H10O5. The minimum absolute atomic E-state index is 0.0460. The molecule has 5 heteroatoms. The van der Waals surface area contributed by atoms with Gasteiger partial charge in [-0.1, -0.05) is 18.2 Å². The van der Waals surface area contributed by atoms with Crippen LogP contribution in [-0.2, 0) is 6.42 Å². The molecule has 0 atom stereocenters. The third kappa shape index (κ3) is 2.24. The lowest BCUT2D eigenvalue weighted by Crippen LogP contribution is -2.05. The molecule has 0 fully saturated rings. The summed E-state index contributed by atoms with van der Waals surface area (Å²) in [7, 11) is 0. The number of rotatable bonds is 3. The van der Waals surface area contributed by atoms with E-state index in [4.69, 9.17) is 9.52 Å². The minimum atomic E-state index is -1.07. The van der Waals surface area contributed by atoms with Crippen LogP contribution in [0.1, 0.15) is 21.7 Å². The first-order chi connectivity index (χ1) is 8.59. The summed E-state index contributed by atoms with van der Waals surface area (Å²) in [5.74, 6) is -1.50. The lowest BCUT2D eigenvalue weighted by atomic mass is 10.0. The zero-order valence-electron chi connectivity index (χ0n) is 9.29. The highest BCUT2D eigenvalue weighted by molar-refractivity contribution is 5.89. The Hall–Kier alpha value is -2.56. The van der Waals surface area contributed by atoms with Crippen molar-refractivity contribution in [3.63, 3.8) is 0 Å². The molecule has 1 aromatic carbocycles. The van der Waals surface area contributed by atoms with E-state index < -0.39 is 17.1 Å². The average Bonchev–Trinajstić information content (AvgIpc) is 2.35. The van der Waals surface area contributed by atoms with Crippen molar-refractivity contribution in [2.24, 2.45) is 0 Å². The summed E-state index contributed by atoms with van der Waals surface area (Å²) in [6.07, 6.45) is 1.21. The highest BCUT2D eigenvalue weighted by Gasteiger charge is 2.14. The van der Waals surface area contributed by atoms with Gasteiger partial charge in [0.2, 0.25) is 11.2 Å². The van der Waals surface area contributed by atoms with E-state index in [2.05, 4.69) is 0 Å². The maximum atomic E-state index is 11.2. The maximum absolute atomic E-state index is 11.2. The Morgan fingerprint density at radius 1 is 1.22 bits per heavy atom. The van der Waals surface area contributed by atoms with Crippen LogP contribution in [0.4, 0.5) is 0 Å². The van der Waals surface area contributed by atoms with E-state index in [1.54, 1.807) is 18.2 Å². The molecule has 1 heterocycles. The quantitative estimate of drug-likeness (QED) is 0.859. The Morgan fingerprint density at radius 2 is 1.94 bits per heavy atom. The van der Waals surface area contributed by atoms with Gasteiger partial charge in [-0.15, -0.1) is 0 Å². The number of hydrogen-bond donors (Lipinski definition) is 2. The van der Waals surface area contributed by atoms with Crippen molar-refractivity contribution in [1.82, 2.24) is 0 Å². The molecule has 0 aliphatic carbocycles. The van der Waals surface area contributed by atoms with Gasteiger partial charge in [0.25, 0.3) is 0 Å². The first-order valence-corrected chi connectivity index (χ1v) is 5.20. The molecule has 0 saturated heterocycles. The summed E-state index contributed by atoms with van der Waals surface area (Å²) >= 11 is 0. The highest BCUT2D eigenvalue weighted by atomic mass is 16.4. The molecule has 0 aliphatic heterocycles. The van der Waals surface area contributed by atoms with E-state index in [0.29, 0.717) is 5.56 Å². The van der Waals surface area contributed by atoms with E-state index in [-0.39, 0.29) is 17.7 Å². The zero-order chi connectivity index (χ0) is 13.1. The molecule has 5 nitrogen and oxygen atoms in total. The summed E-state index contributed by atoms with van der Waals surface area (Å²) in [5, 5.41) is 18.5. The summed E-state index contributed by atoms with van der Waals surface area (Å²) in [4.78, 5) is 22.2. The monoisotopic (exact) mass is 246 g/mol. The molecule has 2 aromatic rings. The number of hydrogen-bond acceptors (Lipinski definition) is 4. The molecule has 0 saturated carbocycles. The number of carboxylic acids is 1. The van der Waals surface area contributed by atoms with Crippen LogP contribution in [0, 0.1) is 0 Å². The van der Waals surface area contributed by atoms with Gasteiger partial charge in [0.15, 0.2) is 5.76 Å². The van der Waals surface area contributed by atoms with Gasteiger partial charge in [0.05, 0.1) is 11.8 Å².